The molecule has 0 spiro atoms. The van der Waals surface area contributed by atoms with E-state index in [9.17, 15) is 4.79 Å². The maximum Gasteiger partial charge on any atom is 0.228 e. The topological polar surface area (TPSA) is 70.7 Å². The van der Waals surface area contributed by atoms with E-state index in [0.29, 0.717) is 25.5 Å². The van der Waals surface area contributed by atoms with Crippen LogP contribution in [-0.4, -0.2) is 25.0 Å². The van der Waals surface area contributed by atoms with Crippen molar-refractivity contribution in [2.24, 2.45) is 10.7 Å². The van der Waals surface area contributed by atoms with Crippen LogP contribution >= 0.6 is 0 Å². The van der Waals surface area contributed by atoms with Gasteiger partial charge < -0.3 is 16.0 Å². The summed E-state index contributed by atoms with van der Waals surface area (Å²) >= 11 is 0. The van der Waals surface area contributed by atoms with Crippen LogP contribution in [0.1, 0.15) is 18.9 Å². The van der Waals surface area contributed by atoms with Crippen molar-refractivity contribution in [1.29, 1.82) is 0 Å². The van der Waals surface area contributed by atoms with Gasteiger partial charge in [0, 0.05) is 25.2 Å². The summed E-state index contributed by atoms with van der Waals surface area (Å²) < 4.78 is 0. The quantitative estimate of drug-likeness (QED) is 0.368. The van der Waals surface area contributed by atoms with Gasteiger partial charge in [0.25, 0.3) is 0 Å². The lowest BCUT2D eigenvalue weighted by Gasteiger charge is -2.30. The number of hydrogen-bond acceptors (Lipinski definition) is 2. The van der Waals surface area contributed by atoms with E-state index in [1.165, 1.54) is 0 Å². The summed E-state index contributed by atoms with van der Waals surface area (Å²) in [6.07, 6.45) is 0.639. The molecule has 0 bridgehead atoms. The van der Waals surface area contributed by atoms with E-state index in [2.05, 4.69) is 16.9 Å². The number of β-lactam (4-membered cyclic amide) rings is 1. The highest BCUT2D eigenvalue weighted by atomic mass is 16.2. The van der Waals surface area contributed by atoms with Gasteiger partial charge in [0.05, 0.1) is 6.54 Å². The molecule has 1 aromatic carbocycles. The van der Waals surface area contributed by atoms with Crippen LogP contribution < -0.4 is 16.0 Å². The summed E-state index contributed by atoms with van der Waals surface area (Å²) in [5, 5.41) is 2.98. The first-order chi connectivity index (χ1) is 9.56. The van der Waals surface area contributed by atoms with Crippen LogP contribution in [0.15, 0.2) is 41.4 Å². The lowest BCUT2D eigenvalue weighted by Crippen LogP contribution is -2.43. The second-order valence-corrected chi connectivity index (χ2v) is 4.98. The molecule has 20 heavy (non-hydrogen) atoms. The largest absolute Gasteiger partial charge is 0.370 e. The first-order valence-corrected chi connectivity index (χ1v) is 6.64. The normalized spacial score (nSPS) is 14.9. The van der Waals surface area contributed by atoms with Crippen molar-refractivity contribution in [3.8, 4) is 0 Å². The van der Waals surface area contributed by atoms with Crippen LogP contribution in [0.25, 0.3) is 0 Å². The molecule has 0 radical (unpaired) electrons. The molecule has 0 atom stereocenters. The first kappa shape index (κ1) is 14.1. The van der Waals surface area contributed by atoms with Gasteiger partial charge in [-0.25, -0.2) is 4.99 Å². The monoisotopic (exact) mass is 272 g/mol. The van der Waals surface area contributed by atoms with E-state index in [0.717, 1.165) is 23.4 Å². The third-order valence-corrected chi connectivity index (χ3v) is 3.08. The van der Waals surface area contributed by atoms with Crippen LogP contribution in [0.3, 0.4) is 0 Å². The van der Waals surface area contributed by atoms with Gasteiger partial charge in [0.2, 0.25) is 5.91 Å². The van der Waals surface area contributed by atoms with Gasteiger partial charge in [0.15, 0.2) is 5.96 Å². The van der Waals surface area contributed by atoms with Crippen molar-refractivity contribution in [3.05, 3.63) is 42.0 Å². The van der Waals surface area contributed by atoms with Gasteiger partial charge >= 0.3 is 0 Å². The van der Waals surface area contributed by atoms with Crippen molar-refractivity contribution in [1.82, 2.24) is 5.32 Å². The van der Waals surface area contributed by atoms with Crippen LogP contribution in [0, 0.1) is 0 Å². The van der Waals surface area contributed by atoms with Crippen molar-refractivity contribution < 1.29 is 4.79 Å². The predicted molar refractivity (Wildman–Crippen MR) is 81.6 cm³/mol. The molecular weight excluding hydrogens is 252 g/mol. The molecule has 1 heterocycles. The first-order valence-electron chi connectivity index (χ1n) is 6.64. The molecule has 1 aliphatic rings. The van der Waals surface area contributed by atoms with Crippen LogP contribution in [0.4, 0.5) is 5.69 Å². The summed E-state index contributed by atoms with van der Waals surface area (Å²) in [4.78, 5) is 17.5. The smallest absolute Gasteiger partial charge is 0.228 e. The summed E-state index contributed by atoms with van der Waals surface area (Å²) in [5.41, 5.74) is 8.72. The number of aliphatic imine (C=N–C) groups is 1. The van der Waals surface area contributed by atoms with Gasteiger partial charge in [-0.1, -0.05) is 24.3 Å². The lowest BCUT2D eigenvalue weighted by atomic mass is 10.1. The van der Waals surface area contributed by atoms with Gasteiger partial charge in [-0.2, -0.15) is 0 Å². The number of hydrogen-bond donors (Lipinski definition) is 2. The van der Waals surface area contributed by atoms with E-state index in [-0.39, 0.29) is 5.91 Å². The SMILES string of the molecule is C=C(C)CNC(N)=NCc1cccc(N2CCC2=O)c1. The Morgan fingerprint density at radius 1 is 1.55 bits per heavy atom. The number of rotatable bonds is 5. The molecule has 3 N–H and O–H groups in total. The lowest BCUT2D eigenvalue weighted by molar-refractivity contribution is -0.122. The van der Waals surface area contributed by atoms with E-state index in [4.69, 9.17) is 5.73 Å². The number of carbonyl (C=O) groups excluding carboxylic acids is 1. The molecule has 1 amide bonds. The van der Waals surface area contributed by atoms with Crippen LogP contribution in [0.2, 0.25) is 0 Å². The van der Waals surface area contributed by atoms with Gasteiger partial charge in [-0.15, -0.1) is 0 Å². The van der Waals surface area contributed by atoms with Crippen molar-refractivity contribution in [2.45, 2.75) is 19.9 Å². The van der Waals surface area contributed by atoms with Crippen LogP contribution in [0.5, 0.6) is 0 Å². The fraction of sp³-hybridized carbons (Fsp3) is 0.333. The zero-order valence-corrected chi connectivity index (χ0v) is 11.7. The third-order valence-electron chi connectivity index (χ3n) is 3.08. The molecule has 1 aliphatic heterocycles. The number of nitrogens with two attached hydrogens (primary N) is 1. The average molecular weight is 272 g/mol. The molecule has 0 unspecified atom stereocenters. The minimum absolute atomic E-state index is 0.174. The van der Waals surface area contributed by atoms with Gasteiger partial charge in [-0.3, -0.25) is 4.79 Å². The molecule has 5 heteroatoms. The molecule has 1 fully saturated rings. The highest BCUT2D eigenvalue weighted by Crippen LogP contribution is 2.22. The van der Waals surface area contributed by atoms with E-state index >= 15 is 0 Å². The Morgan fingerprint density at radius 3 is 2.95 bits per heavy atom. The molecule has 106 valence electrons. The Morgan fingerprint density at radius 2 is 2.35 bits per heavy atom. The fourth-order valence-electron chi connectivity index (χ4n) is 1.88. The van der Waals surface area contributed by atoms with E-state index in [1.54, 1.807) is 4.90 Å². The molecule has 1 aromatic rings. The second-order valence-electron chi connectivity index (χ2n) is 4.98. The summed E-state index contributed by atoms with van der Waals surface area (Å²) in [7, 11) is 0. The number of carbonyl (C=O) groups is 1. The van der Waals surface area contributed by atoms with Gasteiger partial charge in [0.1, 0.15) is 0 Å². The molecular formula is C15H20N4O. The minimum Gasteiger partial charge on any atom is -0.370 e. The number of amides is 1. The maximum absolute atomic E-state index is 11.4. The Hall–Kier alpha value is -2.30. The second kappa shape index (κ2) is 6.23. The maximum atomic E-state index is 11.4. The van der Waals surface area contributed by atoms with Crippen molar-refractivity contribution in [3.63, 3.8) is 0 Å². The molecule has 2 rings (SSSR count). The Labute approximate surface area is 119 Å². The summed E-state index contributed by atoms with van der Waals surface area (Å²) in [6, 6.07) is 7.83. The van der Waals surface area contributed by atoms with Crippen LogP contribution in [-0.2, 0) is 11.3 Å². The Balaban J connectivity index is 1.96. The molecule has 0 aromatic heterocycles. The molecule has 5 nitrogen and oxygen atoms in total. The number of anilines is 1. The number of nitrogens with zero attached hydrogens (tertiary/aromatic N) is 2. The fourth-order valence-corrected chi connectivity index (χ4v) is 1.88. The van der Waals surface area contributed by atoms with Crippen molar-refractivity contribution >= 4 is 17.6 Å². The zero-order chi connectivity index (χ0) is 14.5. The zero-order valence-electron chi connectivity index (χ0n) is 11.7. The highest BCUT2D eigenvalue weighted by molar-refractivity contribution is 5.99. The molecule has 0 saturated carbocycles. The minimum atomic E-state index is 0.174. The number of benzene rings is 1. The van der Waals surface area contributed by atoms with E-state index < -0.39 is 0 Å². The number of nitrogens with one attached hydrogen (secondary N) is 1. The number of guanidine groups is 1. The summed E-state index contributed by atoms with van der Waals surface area (Å²) in [6.45, 7) is 7.63. The molecule has 0 aliphatic carbocycles. The Bertz CT molecular complexity index is 551. The van der Waals surface area contributed by atoms with Gasteiger partial charge in [-0.05, 0) is 24.6 Å². The Kier molecular flexibility index (Phi) is 4.40. The average Bonchev–Trinajstić information content (AvgIpc) is 2.41. The van der Waals surface area contributed by atoms with Crippen molar-refractivity contribution in [2.75, 3.05) is 18.0 Å². The van der Waals surface area contributed by atoms with E-state index in [1.807, 2.05) is 31.2 Å². The molecule has 1 saturated heterocycles. The highest BCUT2D eigenvalue weighted by Gasteiger charge is 2.24. The third kappa shape index (κ3) is 3.60. The standard InChI is InChI=1S/C15H20N4O/c1-11(2)9-17-15(16)18-10-12-4-3-5-13(8-12)19-7-6-14(19)20/h3-5,8H,1,6-7,9-10H2,2H3,(H3,16,17,18). The summed E-state index contributed by atoms with van der Waals surface area (Å²) in [5.74, 6) is 0.576. The predicted octanol–water partition coefficient (Wildman–Crippen LogP) is 1.40.